The number of benzene rings is 2. The molecule has 2 rings (SSSR count). The van der Waals surface area contributed by atoms with Crippen molar-refractivity contribution in [1.29, 1.82) is 0 Å². The van der Waals surface area contributed by atoms with E-state index >= 15 is 0 Å². The van der Waals surface area contributed by atoms with Gasteiger partial charge in [0.15, 0.2) is 6.61 Å². The fourth-order valence-corrected chi connectivity index (χ4v) is 2.52. The maximum Gasteiger partial charge on any atom is 0.258 e. The Bertz CT molecular complexity index is 729. The molecule has 2 aromatic rings. The molecule has 132 valence electrons. The van der Waals surface area contributed by atoms with Gasteiger partial charge in [0.05, 0.1) is 11.6 Å². The molecule has 2 N–H and O–H groups in total. The van der Waals surface area contributed by atoms with Crippen molar-refractivity contribution in [3.8, 4) is 5.75 Å². The summed E-state index contributed by atoms with van der Waals surface area (Å²) >= 11 is 0. The zero-order valence-corrected chi connectivity index (χ0v) is 14.8. The summed E-state index contributed by atoms with van der Waals surface area (Å²) in [5.74, 6) is -0.00307. The van der Waals surface area contributed by atoms with Crippen LogP contribution in [-0.2, 0) is 4.79 Å². The number of ether oxygens (including phenoxy) is 1. The van der Waals surface area contributed by atoms with Crippen LogP contribution < -0.4 is 15.4 Å². The Morgan fingerprint density at radius 2 is 1.80 bits per heavy atom. The second kappa shape index (κ2) is 8.87. The molecule has 2 amide bonds. The lowest BCUT2D eigenvalue weighted by Crippen LogP contribution is -2.32. The molecule has 0 aromatic heterocycles. The first-order valence-electron chi connectivity index (χ1n) is 8.37. The number of amides is 2. The average molecular weight is 340 g/mol. The Kier molecular flexibility index (Phi) is 6.57. The van der Waals surface area contributed by atoms with Gasteiger partial charge in [0, 0.05) is 6.54 Å². The number of para-hydroxylation sites is 1. The van der Waals surface area contributed by atoms with Crippen LogP contribution in [0.4, 0.5) is 0 Å². The Balaban J connectivity index is 2.01. The fraction of sp³-hybridized carbons (Fsp3) is 0.300. The van der Waals surface area contributed by atoms with Crippen LogP contribution in [0.5, 0.6) is 5.75 Å². The molecular weight excluding hydrogens is 316 g/mol. The molecule has 5 heteroatoms. The molecule has 0 saturated heterocycles. The van der Waals surface area contributed by atoms with E-state index in [0.717, 1.165) is 11.1 Å². The Hall–Kier alpha value is -2.82. The predicted octanol–water partition coefficient (Wildman–Crippen LogP) is 3.00. The largest absolute Gasteiger partial charge is 0.483 e. The molecule has 1 atom stereocenters. The van der Waals surface area contributed by atoms with Crippen molar-refractivity contribution in [3.63, 3.8) is 0 Å². The lowest BCUT2D eigenvalue weighted by molar-refractivity contribution is -0.123. The highest BCUT2D eigenvalue weighted by Crippen LogP contribution is 2.23. The maximum atomic E-state index is 12.2. The van der Waals surface area contributed by atoms with Crippen molar-refractivity contribution in [2.75, 3.05) is 13.2 Å². The van der Waals surface area contributed by atoms with Crippen LogP contribution in [0.2, 0.25) is 0 Å². The molecule has 0 fully saturated rings. The average Bonchev–Trinajstić information content (AvgIpc) is 2.61. The minimum absolute atomic E-state index is 0.114. The van der Waals surface area contributed by atoms with Crippen molar-refractivity contribution in [2.45, 2.75) is 26.8 Å². The molecule has 5 nitrogen and oxygen atoms in total. The normalized spacial score (nSPS) is 11.5. The van der Waals surface area contributed by atoms with Gasteiger partial charge in [-0.1, -0.05) is 42.5 Å². The minimum atomic E-state index is -0.235. The van der Waals surface area contributed by atoms with E-state index in [4.69, 9.17) is 4.74 Å². The number of aryl methyl sites for hydroxylation is 1. The summed E-state index contributed by atoms with van der Waals surface area (Å²) in [5, 5.41) is 5.65. The highest BCUT2D eigenvalue weighted by Gasteiger charge is 2.16. The second-order valence-corrected chi connectivity index (χ2v) is 5.80. The summed E-state index contributed by atoms with van der Waals surface area (Å²) in [5.41, 5.74) is 2.27. The van der Waals surface area contributed by atoms with Gasteiger partial charge in [0.2, 0.25) is 0 Å². The second-order valence-electron chi connectivity index (χ2n) is 5.80. The fourth-order valence-electron chi connectivity index (χ4n) is 2.52. The molecular formula is C20H24N2O3. The first-order chi connectivity index (χ1) is 12.0. The van der Waals surface area contributed by atoms with Gasteiger partial charge in [0.1, 0.15) is 5.75 Å². The summed E-state index contributed by atoms with van der Waals surface area (Å²) < 4.78 is 5.66. The van der Waals surface area contributed by atoms with E-state index in [0.29, 0.717) is 17.9 Å². The van der Waals surface area contributed by atoms with E-state index in [2.05, 4.69) is 10.6 Å². The summed E-state index contributed by atoms with van der Waals surface area (Å²) in [4.78, 5) is 24.3. The number of carbonyl (C=O) groups excluding carboxylic acids is 2. The first kappa shape index (κ1) is 18.5. The van der Waals surface area contributed by atoms with E-state index in [1.54, 1.807) is 12.1 Å². The van der Waals surface area contributed by atoms with Crippen LogP contribution in [0.1, 0.15) is 41.4 Å². The Morgan fingerprint density at radius 1 is 1.08 bits per heavy atom. The van der Waals surface area contributed by atoms with Crippen molar-refractivity contribution in [2.24, 2.45) is 0 Å². The summed E-state index contributed by atoms with van der Waals surface area (Å²) in [7, 11) is 0. The zero-order valence-electron chi connectivity index (χ0n) is 14.8. The van der Waals surface area contributed by atoms with Gasteiger partial charge in [-0.15, -0.1) is 0 Å². The summed E-state index contributed by atoms with van der Waals surface area (Å²) in [6.45, 7) is 6.01. The molecule has 0 aliphatic carbocycles. The molecule has 0 spiro atoms. The van der Waals surface area contributed by atoms with Crippen molar-refractivity contribution in [3.05, 3.63) is 65.2 Å². The molecule has 0 saturated carbocycles. The van der Waals surface area contributed by atoms with Gasteiger partial charge >= 0.3 is 0 Å². The van der Waals surface area contributed by atoms with Crippen LogP contribution in [0.3, 0.4) is 0 Å². The third-order valence-corrected chi connectivity index (χ3v) is 3.82. The summed E-state index contributed by atoms with van der Waals surface area (Å²) in [6, 6.07) is 14.9. The molecule has 25 heavy (non-hydrogen) atoms. The third kappa shape index (κ3) is 5.08. The zero-order chi connectivity index (χ0) is 18.2. The van der Waals surface area contributed by atoms with E-state index in [9.17, 15) is 9.59 Å². The minimum Gasteiger partial charge on any atom is -0.483 e. The van der Waals surface area contributed by atoms with Gasteiger partial charge in [-0.05, 0) is 38.0 Å². The lowest BCUT2D eigenvalue weighted by atomic mass is 10.1. The van der Waals surface area contributed by atoms with E-state index in [1.807, 2.05) is 57.2 Å². The Morgan fingerprint density at radius 3 is 2.48 bits per heavy atom. The van der Waals surface area contributed by atoms with Gasteiger partial charge in [-0.2, -0.15) is 0 Å². The molecule has 0 aliphatic rings. The molecule has 0 bridgehead atoms. The quantitative estimate of drug-likeness (QED) is 0.814. The predicted molar refractivity (Wildman–Crippen MR) is 97.7 cm³/mol. The van der Waals surface area contributed by atoms with Crippen molar-refractivity contribution >= 4 is 11.8 Å². The van der Waals surface area contributed by atoms with Crippen LogP contribution in [0, 0.1) is 6.92 Å². The van der Waals surface area contributed by atoms with E-state index in [1.165, 1.54) is 0 Å². The number of hydrogen-bond acceptors (Lipinski definition) is 3. The van der Waals surface area contributed by atoms with Gasteiger partial charge in [0.25, 0.3) is 11.8 Å². The van der Waals surface area contributed by atoms with Crippen LogP contribution in [0.25, 0.3) is 0 Å². The molecule has 0 unspecified atom stereocenters. The molecule has 0 heterocycles. The maximum absolute atomic E-state index is 12.2. The van der Waals surface area contributed by atoms with E-state index in [-0.39, 0.29) is 24.5 Å². The van der Waals surface area contributed by atoms with Gasteiger partial charge in [-0.25, -0.2) is 0 Å². The van der Waals surface area contributed by atoms with Crippen molar-refractivity contribution in [1.82, 2.24) is 10.6 Å². The number of rotatable bonds is 7. The lowest BCUT2D eigenvalue weighted by Gasteiger charge is -2.16. The number of nitrogens with one attached hydrogen (secondary N) is 2. The van der Waals surface area contributed by atoms with E-state index < -0.39 is 0 Å². The molecule has 0 aliphatic heterocycles. The molecule has 0 radical (unpaired) electrons. The smallest absolute Gasteiger partial charge is 0.258 e. The van der Waals surface area contributed by atoms with Crippen LogP contribution in [-0.4, -0.2) is 25.0 Å². The first-order valence-corrected chi connectivity index (χ1v) is 8.37. The standard InChI is InChI=1S/C20H24N2O3/c1-4-21-20(24)17-12-8-9-14(2)19(17)25-13-18(23)22-15(3)16-10-6-5-7-11-16/h5-12,15H,4,13H2,1-3H3,(H,21,24)(H,22,23)/t15-/m1/s1. The van der Waals surface area contributed by atoms with Crippen molar-refractivity contribution < 1.29 is 14.3 Å². The monoisotopic (exact) mass is 340 g/mol. The molecule has 2 aromatic carbocycles. The van der Waals surface area contributed by atoms with Gasteiger partial charge < -0.3 is 15.4 Å². The highest BCUT2D eigenvalue weighted by molar-refractivity contribution is 5.97. The SMILES string of the molecule is CCNC(=O)c1cccc(C)c1OCC(=O)N[C@H](C)c1ccccc1. The topological polar surface area (TPSA) is 67.4 Å². The van der Waals surface area contributed by atoms with Gasteiger partial charge in [-0.3, -0.25) is 9.59 Å². The Labute approximate surface area is 148 Å². The third-order valence-electron chi connectivity index (χ3n) is 3.82. The number of hydrogen-bond donors (Lipinski definition) is 2. The summed E-state index contributed by atoms with van der Waals surface area (Å²) in [6.07, 6.45) is 0. The van der Waals surface area contributed by atoms with Crippen LogP contribution in [0.15, 0.2) is 48.5 Å². The van der Waals surface area contributed by atoms with Crippen LogP contribution >= 0.6 is 0 Å². The highest BCUT2D eigenvalue weighted by atomic mass is 16.5. The number of carbonyl (C=O) groups is 2.